The number of carbonyl (C=O) groups excluding carboxylic acids is 1. The Morgan fingerprint density at radius 2 is 2.04 bits per heavy atom. The van der Waals surface area contributed by atoms with Gasteiger partial charge in [-0.05, 0) is 65.1 Å². The third-order valence-corrected chi connectivity index (χ3v) is 4.47. The van der Waals surface area contributed by atoms with Crippen LogP contribution in [0.15, 0.2) is 0 Å². The molecule has 0 bridgehead atoms. The van der Waals surface area contributed by atoms with E-state index in [2.05, 4.69) is 31.0 Å². The monoisotopic (exact) mass is 355 g/mol. The predicted molar refractivity (Wildman–Crippen MR) is 105 cm³/mol. The van der Waals surface area contributed by atoms with Gasteiger partial charge in [-0.3, -0.25) is 0 Å². The van der Waals surface area contributed by atoms with Crippen molar-refractivity contribution in [2.75, 3.05) is 45.8 Å². The Bertz CT molecular complexity index is 380. The molecule has 0 saturated carbocycles. The maximum Gasteiger partial charge on any atom is 0.410 e. The molecule has 5 nitrogen and oxygen atoms in total. The zero-order valence-corrected chi connectivity index (χ0v) is 17.4. The minimum Gasteiger partial charge on any atom is -0.444 e. The van der Waals surface area contributed by atoms with Gasteiger partial charge in [0.25, 0.3) is 0 Å². The first-order valence-electron chi connectivity index (χ1n) is 10.1. The van der Waals surface area contributed by atoms with E-state index in [0.29, 0.717) is 5.92 Å². The molecule has 1 unspecified atom stereocenters. The predicted octanol–water partition coefficient (Wildman–Crippen LogP) is 3.59. The minimum atomic E-state index is -0.428. The van der Waals surface area contributed by atoms with Crippen molar-refractivity contribution in [3.8, 4) is 0 Å². The average Bonchev–Trinajstić information content (AvgIpc) is 2.93. The number of hydrogen-bond acceptors (Lipinski definition) is 4. The molecule has 25 heavy (non-hydrogen) atoms. The van der Waals surface area contributed by atoms with Crippen molar-refractivity contribution in [2.24, 2.45) is 11.8 Å². The van der Waals surface area contributed by atoms with Gasteiger partial charge in [0.15, 0.2) is 0 Å². The van der Waals surface area contributed by atoms with Gasteiger partial charge in [-0.15, -0.1) is 0 Å². The van der Waals surface area contributed by atoms with Crippen LogP contribution >= 0.6 is 0 Å². The van der Waals surface area contributed by atoms with Crippen LogP contribution in [0, 0.1) is 11.8 Å². The lowest BCUT2D eigenvalue weighted by molar-refractivity contribution is 0.0233. The number of amides is 1. The third-order valence-electron chi connectivity index (χ3n) is 4.47. The molecule has 0 aromatic heterocycles. The molecule has 1 aliphatic rings. The van der Waals surface area contributed by atoms with Crippen molar-refractivity contribution < 1.29 is 9.53 Å². The minimum absolute atomic E-state index is 0.171. The fourth-order valence-electron chi connectivity index (χ4n) is 3.09. The quantitative estimate of drug-likeness (QED) is 0.650. The van der Waals surface area contributed by atoms with Crippen LogP contribution in [0.4, 0.5) is 4.79 Å². The van der Waals surface area contributed by atoms with E-state index in [1.165, 1.54) is 6.42 Å². The van der Waals surface area contributed by atoms with Crippen LogP contribution in [-0.4, -0.2) is 67.3 Å². The van der Waals surface area contributed by atoms with Crippen molar-refractivity contribution in [3.63, 3.8) is 0 Å². The molecule has 0 spiro atoms. The molecule has 1 atom stereocenters. The molecule has 1 fully saturated rings. The average molecular weight is 356 g/mol. The lowest BCUT2D eigenvalue weighted by Crippen LogP contribution is -2.41. The van der Waals surface area contributed by atoms with Crippen LogP contribution in [0.2, 0.25) is 0 Å². The van der Waals surface area contributed by atoms with E-state index < -0.39 is 5.60 Å². The Morgan fingerprint density at radius 3 is 2.64 bits per heavy atom. The first-order valence-corrected chi connectivity index (χ1v) is 10.1. The van der Waals surface area contributed by atoms with Gasteiger partial charge in [-0.1, -0.05) is 27.2 Å². The molecule has 0 aromatic carbocycles. The SMILES string of the molecule is CCCCN(CCN1CCC(CNCC(C)C)C1)C(=O)OC(C)(C)C. The van der Waals surface area contributed by atoms with E-state index in [1.54, 1.807) is 0 Å². The molecular weight excluding hydrogens is 314 g/mol. The second-order valence-electron chi connectivity index (χ2n) is 8.83. The van der Waals surface area contributed by atoms with E-state index in [-0.39, 0.29) is 6.09 Å². The van der Waals surface area contributed by atoms with Crippen LogP contribution in [0.5, 0.6) is 0 Å². The number of nitrogens with one attached hydrogen (secondary N) is 1. The molecule has 1 amide bonds. The maximum atomic E-state index is 12.4. The zero-order chi connectivity index (χ0) is 18.9. The number of rotatable bonds is 10. The summed E-state index contributed by atoms with van der Waals surface area (Å²) in [6.07, 6.45) is 3.20. The summed E-state index contributed by atoms with van der Waals surface area (Å²) in [5, 5.41) is 3.57. The summed E-state index contributed by atoms with van der Waals surface area (Å²) < 4.78 is 5.57. The lowest BCUT2D eigenvalue weighted by atomic mass is 10.1. The van der Waals surface area contributed by atoms with E-state index in [1.807, 2.05) is 25.7 Å². The van der Waals surface area contributed by atoms with Gasteiger partial charge in [0.05, 0.1) is 0 Å². The first-order chi connectivity index (χ1) is 11.7. The molecule has 1 N–H and O–H groups in total. The summed E-state index contributed by atoms with van der Waals surface area (Å²) in [5.74, 6) is 1.45. The Kier molecular flexibility index (Phi) is 9.80. The van der Waals surface area contributed by atoms with Crippen molar-refractivity contribution >= 4 is 6.09 Å². The fourth-order valence-corrected chi connectivity index (χ4v) is 3.09. The molecule has 1 aliphatic heterocycles. The second kappa shape index (κ2) is 11.0. The lowest BCUT2D eigenvalue weighted by Gasteiger charge is -2.29. The Hall–Kier alpha value is -0.810. The summed E-state index contributed by atoms with van der Waals surface area (Å²) in [4.78, 5) is 16.8. The summed E-state index contributed by atoms with van der Waals surface area (Å²) in [6.45, 7) is 19.4. The summed E-state index contributed by atoms with van der Waals surface area (Å²) >= 11 is 0. The van der Waals surface area contributed by atoms with Gasteiger partial charge in [0.2, 0.25) is 0 Å². The molecule has 0 aromatic rings. The first kappa shape index (κ1) is 22.2. The molecule has 5 heteroatoms. The Labute approximate surface area is 155 Å². The van der Waals surface area contributed by atoms with Gasteiger partial charge in [0, 0.05) is 26.2 Å². The highest BCUT2D eigenvalue weighted by Gasteiger charge is 2.25. The van der Waals surface area contributed by atoms with Crippen LogP contribution in [0.25, 0.3) is 0 Å². The van der Waals surface area contributed by atoms with Crippen molar-refractivity contribution in [1.82, 2.24) is 15.1 Å². The van der Waals surface area contributed by atoms with Gasteiger partial charge in [-0.25, -0.2) is 4.79 Å². The van der Waals surface area contributed by atoms with E-state index in [4.69, 9.17) is 4.74 Å². The largest absolute Gasteiger partial charge is 0.444 e. The zero-order valence-electron chi connectivity index (χ0n) is 17.4. The summed E-state index contributed by atoms with van der Waals surface area (Å²) in [6, 6.07) is 0. The van der Waals surface area contributed by atoms with Crippen molar-refractivity contribution in [2.45, 2.75) is 66.4 Å². The number of unbranched alkanes of at least 4 members (excludes halogenated alkanes) is 1. The normalized spacial score (nSPS) is 18.8. The second-order valence-corrected chi connectivity index (χ2v) is 8.83. The van der Waals surface area contributed by atoms with Gasteiger partial charge >= 0.3 is 6.09 Å². The topological polar surface area (TPSA) is 44.8 Å². The number of likely N-dealkylation sites (tertiary alicyclic amines) is 1. The van der Waals surface area contributed by atoms with Gasteiger partial charge in [-0.2, -0.15) is 0 Å². The Morgan fingerprint density at radius 1 is 1.32 bits per heavy atom. The van der Waals surface area contributed by atoms with Crippen LogP contribution < -0.4 is 5.32 Å². The third kappa shape index (κ3) is 10.0. The number of ether oxygens (including phenoxy) is 1. The molecule has 148 valence electrons. The highest BCUT2D eigenvalue weighted by Crippen LogP contribution is 2.16. The number of carbonyl (C=O) groups is 1. The van der Waals surface area contributed by atoms with Crippen LogP contribution in [0.1, 0.15) is 60.8 Å². The molecule has 1 rings (SSSR count). The smallest absolute Gasteiger partial charge is 0.410 e. The number of nitrogens with zero attached hydrogens (tertiary/aromatic N) is 2. The maximum absolute atomic E-state index is 12.4. The van der Waals surface area contributed by atoms with Crippen LogP contribution in [0.3, 0.4) is 0 Å². The standard InChI is InChI=1S/C20H41N3O2/c1-7-8-10-23(19(24)25-20(4,5)6)13-12-22-11-9-18(16-22)15-21-14-17(2)3/h17-18,21H,7-16H2,1-6H3. The molecule has 0 radical (unpaired) electrons. The summed E-state index contributed by atoms with van der Waals surface area (Å²) in [5.41, 5.74) is -0.428. The molecule has 1 heterocycles. The van der Waals surface area contributed by atoms with E-state index in [9.17, 15) is 4.79 Å². The molecule has 0 aliphatic carbocycles. The molecular formula is C20H41N3O2. The van der Waals surface area contributed by atoms with Gasteiger partial charge in [0.1, 0.15) is 5.60 Å². The number of hydrogen-bond donors (Lipinski definition) is 1. The van der Waals surface area contributed by atoms with Crippen molar-refractivity contribution in [1.29, 1.82) is 0 Å². The van der Waals surface area contributed by atoms with Gasteiger partial charge < -0.3 is 19.9 Å². The van der Waals surface area contributed by atoms with Crippen molar-refractivity contribution in [3.05, 3.63) is 0 Å². The van der Waals surface area contributed by atoms with E-state index >= 15 is 0 Å². The Balaban J connectivity index is 2.37. The summed E-state index contributed by atoms with van der Waals surface area (Å²) in [7, 11) is 0. The highest BCUT2D eigenvalue weighted by atomic mass is 16.6. The molecule has 1 saturated heterocycles. The van der Waals surface area contributed by atoms with E-state index in [0.717, 1.165) is 64.6 Å². The highest BCUT2D eigenvalue weighted by molar-refractivity contribution is 5.68. The fraction of sp³-hybridized carbons (Fsp3) is 0.950. The van der Waals surface area contributed by atoms with Crippen LogP contribution in [-0.2, 0) is 4.74 Å².